The number of hydrogen-bond acceptors (Lipinski definition) is 3. The van der Waals surface area contributed by atoms with Gasteiger partial charge in [-0.3, -0.25) is 0 Å². The summed E-state index contributed by atoms with van der Waals surface area (Å²) in [4.78, 5) is 4.59. The number of nitrogens with zero attached hydrogens (tertiary/aromatic N) is 2. The molecule has 0 amide bonds. The molecular weight excluding hydrogens is 250 g/mol. The fourth-order valence-corrected chi connectivity index (χ4v) is 3.02. The average molecular weight is 277 g/mol. The van der Waals surface area contributed by atoms with Gasteiger partial charge in [-0.1, -0.05) is 19.9 Å². The zero-order valence-corrected chi connectivity index (χ0v) is 13.0. The molecule has 4 heteroatoms. The molecular formula is C16H27N3O. The van der Waals surface area contributed by atoms with Gasteiger partial charge in [-0.25, -0.2) is 4.98 Å². The average Bonchev–Trinajstić information content (AvgIpc) is 2.79. The Bertz CT molecular complexity index is 449. The van der Waals surface area contributed by atoms with E-state index in [1.54, 1.807) is 0 Å². The van der Waals surface area contributed by atoms with Gasteiger partial charge in [0, 0.05) is 25.4 Å². The Balaban J connectivity index is 2.07. The molecule has 0 radical (unpaired) electrons. The lowest BCUT2D eigenvalue weighted by Gasteiger charge is -2.40. The van der Waals surface area contributed by atoms with Crippen LogP contribution in [-0.2, 0) is 11.3 Å². The largest absolute Gasteiger partial charge is 0.375 e. The first kappa shape index (κ1) is 15.1. The van der Waals surface area contributed by atoms with Crippen molar-refractivity contribution in [1.82, 2.24) is 9.55 Å². The lowest BCUT2D eigenvalue weighted by molar-refractivity contribution is -0.0865. The summed E-state index contributed by atoms with van der Waals surface area (Å²) < 4.78 is 8.15. The van der Waals surface area contributed by atoms with Crippen molar-refractivity contribution in [3.8, 4) is 0 Å². The number of rotatable bonds is 6. The summed E-state index contributed by atoms with van der Waals surface area (Å²) in [5, 5.41) is 3.60. The molecule has 4 nitrogen and oxygen atoms in total. The Hall–Kier alpha value is -1.29. The third-order valence-corrected chi connectivity index (χ3v) is 4.34. The van der Waals surface area contributed by atoms with E-state index in [1.165, 1.54) is 0 Å². The molecule has 20 heavy (non-hydrogen) atoms. The number of anilines is 1. The van der Waals surface area contributed by atoms with Crippen molar-refractivity contribution in [1.29, 1.82) is 0 Å². The first-order valence-electron chi connectivity index (χ1n) is 7.67. The molecule has 0 saturated carbocycles. The lowest BCUT2D eigenvalue weighted by Crippen LogP contribution is -2.44. The van der Waals surface area contributed by atoms with E-state index >= 15 is 0 Å². The highest BCUT2D eigenvalue weighted by Crippen LogP contribution is 2.32. The third-order valence-electron chi connectivity index (χ3n) is 4.34. The van der Waals surface area contributed by atoms with Crippen molar-refractivity contribution in [2.75, 3.05) is 11.9 Å². The number of hydrogen-bond donors (Lipinski definition) is 1. The van der Waals surface area contributed by atoms with Crippen molar-refractivity contribution >= 4 is 5.95 Å². The molecule has 0 spiro atoms. The molecule has 0 bridgehead atoms. The molecule has 2 heterocycles. The summed E-state index contributed by atoms with van der Waals surface area (Å²) in [5.41, 5.74) is 1.08. The van der Waals surface area contributed by atoms with Gasteiger partial charge in [0.2, 0.25) is 5.95 Å². The minimum absolute atomic E-state index is 0.0425. The van der Waals surface area contributed by atoms with Gasteiger partial charge in [-0.15, -0.1) is 6.58 Å². The summed E-state index contributed by atoms with van der Waals surface area (Å²) in [5.74, 6) is 0.954. The van der Waals surface area contributed by atoms with Gasteiger partial charge in [-0.05, 0) is 32.6 Å². The Morgan fingerprint density at radius 2 is 2.30 bits per heavy atom. The maximum atomic E-state index is 6.03. The molecule has 1 unspecified atom stereocenters. The van der Waals surface area contributed by atoms with Crippen LogP contribution in [-0.4, -0.2) is 27.8 Å². The number of aromatic nitrogens is 2. The Morgan fingerprint density at radius 1 is 1.55 bits per heavy atom. The molecule has 1 saturated heterocycles. The van der Waals surface area contributed by atoms with Crippen LogP contribution in [0.15, 0.2) is 18.9 Å². The van der Waals surface area contributed by atoms with Crippen LogP contribution in [0.2, 0.25) is 0 Å². The van der Waals surface area contributed by atoms with Crippen LogP contribution >= 0.6 is 0 Å². The van der Waals surface area contributed by atoms with Crippen LogP contribution < -0.4 is 5.32 Å². The fraction of sp³-hybridized carbons (Fsp3) is 0.688. The van der Waals surface area contributed by atoms with E-state index in [0.29, 0.717) is 6.04 Å². The molecule has 1 aliphatic heterocycles. The van der Waals surface area contributed by atoms with Crippen molar-refractivity contribution in [2.45, 2.75) is 64.6 Å². The smallest absolute Gasteiger partial charge is 0.203 e. The van der Waals surface area contributed by atoms with Crippen LogP contribution in [0.1, 0.15) is 45.2 Å². The monoisotopic (exact) mass is 277 g/mol. The van der Waals surface area contributed by atoms with Gasteiger partial charge < -0.3 is 14.6 Å². The van der Waals surface area contributed by atoms with Crippen molar-refractivity contribution in [3.63, 3.8) is 0 Å². The van der Waals surface area contributed by atoms with E-state index in [-0.39, 0.29) is 5.60 Å². The van der Waals surface area contributed by atoms with Gasteiger partial charge in [0.25, 0.3) is 0 Å². The first-order chi connectivity index (χ1) is 9.62. The van der Waals surface area contributed by atoms with Gasteiger partial charge in [0.1, 0.15) is 0 Å². The van der Waals surface area contributed by atoms with Crippen LogP contribution in [0.4, 0.5) is 5.95 Å². The quantitative estimate of drug-likeness (QED) is 0.809. The fourth-order valence-electron chi connectivity index (χ4n) is 3.02. The maximum absolute atomic E-state index is 6.03. The van der Waals surface area contributed by atoms with E-state index < -0.39 is 0 Å². The summed E-state index contributed by atoms with van der Waals surface area (Å²) in [7, 11) is 0. The second-order valence-corrected chi connectivity index (χ2v) is 5.72. The van der Waals surface area contributed by atoms with Crippen molar-refractivity contribution in [2.24, 2.45) is 0 Å². The molecule has 1 aliphatic rings. The van der Waals surface area contributed by atoms with E-state index in [2.05, 4.69) is 41.5 Å². The second-order valence-electron chi connectivity index (χ2n) is 5.72. The minimum atomic E-state index is 0.0425. The van der Waals surface area contributed by atoms with Crippen LogP contribution in [0.3, 0.4) is 0 Å². The Labute approximate surface area is 122 Å². The maximum Gasteiger partial charge on any atom is 0.203 e. The summed E-state index contributed by atoms with van der Waals surface area (Å²) in [6.45, 7) is 11.9. The highest BCUT2D eigenvalue weighted by Gasteiger charge is 2.34. The third kappa shape index (κ3) is 3.23. The molecule has 0 aromatic carbocycles. The summed E-state index contributed by atoms with van der Waals surface area (Å²) in [6.07, 6.45) is 8.21. The van der Waals surface area contributed by atoms with Crippen LogP contribution in [0.25, 0.3) is 0 Å². The van der Waals surface area contributed by atoms with Crippen molar-refractivity contribution < 1.29 is 4.74 Å². The van der Waals surface area contributed by atoms with E-state index in [4.69, 9.17) is 4.74 Å². The van der Waals surface area contributed by atoms with Gasteiger partial charge in [0.05, 0.1) is 11.3 Å². The summed E-state index contributed by atoms with van der Waals surface area (Å²) in [6, 6.07) is 0.439. The number of ether oxygens (including phenoxy) is 1. The first-order valence-corrected chi connectivity index (χ1v) is 7.67. The highest BCUT2D eigenvalue weighted by molar-refractivity contribution is 5.31. The SMILES string of the molecule is C=CCn1cc(C)nc1NC1CCOC(CC)(CC)C1. The highest BCUT2D eigenvalue weighted by atomic mass is 16.5. The number of imidazole rings is 1. The van der Waals surface area contributed by atoms with Gasteiger partial charge >= 0.3 is 0 Å². The second kappa shape index (κ2) is 6.44. The molecule has 1 aromatic heterocycles. The zero-order chi connectivity index (χ0) is 14.6. The number of aryl methyl sites for hydroxylation is 1. The molecule has 0 aliphatic carbocycles. The number of nitrogens with one attached hydrogen (secondary N) is 1. The molecule has 112 valence electrons. The van der Waals surface area contributed by atoms with Gasteiger partial charge in [0.15, 0.2) is 0 Å². The lowest BCUT2D eigenvalue weighted by atomic mass is 9.86. The number of allylic oxidation sites excluding steroid dienone is 1. The van der Waals surface area contributed by atoms with Crippen LogP contribution in [0.5, 0.6) is 0 Å². The molecule has 1 N–H and O–H groups in total. The zero-order valence-electron chi connectivity index (χ0n) is 13.0. The van der Waals surface area contributed by atoms with Gasteiger partial charge in [-0.2, -0.15) is 0 Å². The summed E-state index contributed by atoms with van der Waals surface area (Å²) >= 11 is 0. The standard InChI is InChI=1S/C16H27N3O/c1-5-9-19-12-13(4)17-15(19)18-14-8-10-20-16(6-2,7-3)11-14/h5,12,14H,1,6-11H2,2-4H3,(H,17,18). The molecule has 1 fully saturated rings. The molecule has 2 rings (SSSR count). The predicted molar refractivity (Wildman–Crippen MR) is 83.1 cm³/mol. The van der Waals surface area contributed by atoms with E-state index in [9.17, 15) is 0 Å². The Kier molecular flexibility index (Phi) is 4.86. The van der Waals surface area contributed by atoms with E-state index in [0.717, 1.165) is 50.5 Å². The Morgan fingerprint density at radius 3 is 2.95 bits per heavy atom. The topological polar surface area (TPSA) is 39.1 Å². The molecule has 1 atom stereocenters. The van der Waals surface area contributed by atoms with Crippen molar-refractivity contribution in [3.05, 3.63) is 24.5 Å². The normalized spacial score (nSPS) is 21.6. The van der Waals surface area contributed by atoms with E-state index in [1.807, 2.05) is 13.0 Å². The predicted octanol–water partition coefficient (Wildman–Crippen LogP) is 3.53. The van der Waals surface area contributed by atoms with Crippen LogP contribution in [0, 0.1) is 6.92 Å². The molecule has 1 aromatic rings. The minimum Gasteiger partial charge on any atom is -0.375 e.